The molecule has 2 heterocycles. The number of halogens is 3. The van der Waals surface area contributed by atoms with Crippen molar-refractivity contribution in [2.75, 3.05) is 13.1 Å². The van der Waals surface area contributed by atoms with Crippen molar-refractivity contribution in [1.82, 2.24) is 10.2 Å². The smallest absolute Gasteiger partial charge is 0.342 e. The summed E-state index contributed by atoms with van der Waals surface area (Å²) in [6.45, 7) is 2.59. The third-order valence-corrected chi connectivity index (χ3v) is 6.24. The number of alkyl halides is 3. The molecule has 1 N–H and O–H groups in total. The van der Waals surface area contributed by atoms with E-state index in [9.17, 15) is 22.8 Å². The molecular formula is C23H23F3N2O2. The fourth-order valence-electron chi connectivity index (χ4n) is 4.66. The first-order valence-electron chi connectivity index (χ1n) is 10.1. The SMILES string of the molecule is CC(Cc1ccccc1C(F)(F)F)C(=O)N1CCC2(CC1)NC(=O)c1ccccc12. The highest BCUT2D eigenvalue weighted by Crippen LogP contribution is 2.40. The predicted molar refractivity (Wildman–Crippen MR) is 106 cm³/mol. The molecule has 0 radical (unpaired) electrons. The van der Waals surface area contributed by atoms with E-state index >= 15 is 0 Å². The molecule has 2 amide bonds. The van der Waals surface area contributed by atoms with Crippen LogP contribution in [0.2, 0.25) is 0 Å². The number of piperidine rings is 1. The molecule has 2 aliphatic heterocycles. The lowest BCUT2D eigenvalue weighted by molar-refractivity contribution is -0.140. The maximum absolute atomic E-state index is 13.2. The molecule has 4 nitrogen and oxygen atoms in total. The van der Waals surface area contributed by atoms with E-state index < -0.39 is 23.2 Å². The van der Waals surface area contributed by atoms with E-state index in [4.69, 9.17) is 0 Å². The molecule has 1 atom stereocenters. The van der Waals surface area contributed by atoms with Gasteiger partial charge in [0.05, 0.1) is 11.1 Å². The quantitative estimate of drug-likeness (QED) is 0.818. The van der Waals surface area contributed by atoms with Crippen molar-refractivity contribution in [2.45, 2.75) is 37.9 Å². The highest BCUT2D eigenvalue weighted by atomic mass is 19.4. The lowest BCUT2D eigenvalue weighted by Crippen LogP contribution is -2.51. The Bertz CT molecular complexity index is 978. The topological polar surface area (TPSA) is 49.4 Å². The van der Waals surface area contributed by atoms with E-state index in [0.29, 0.717) is 31.5 Å². The second-order valence-electron chi connectivity index (χ2n) is 8.17. The minimum absolute atomic E-state index is 0.0374. The summed E-state index contributed by atoms with van der Waals surface area (Å²) in [5.74, 6) is -0.810. The van der Waals surface area contributed by atoms with Crippen molar-refractivity contribution in [2.24, 2.45) is 5.92 Å². The predicted octanol–water partition coefficient (Wildman–Crippen LogP) is 4.15. The molecule has 0 aromatic heterocycles. The molecule has 2 aromatic rings. The maximum atomic E-state index is 13.2. The monoisotopic (exact) mass is 416 g/mol. The molecule has 4 rings (SSSR count). The summed E-state index contributed by atoms with van der Waals surface area (Å²) in [6.07, 6.45) is -3.22. The van der Waals surface area contributed by atoms with Crippen LogP contribution in [0.15, 0.2) is 48.5 Å². The fraction of sp³-hybridized carbons (Fsp3) is 0.391. The van der Waals surface area contributed by atoms with E-state index in [1.54, 1.807) is 24.0 Å². The van der Waals surface area contributed by atoms with E-state index in [-0.39, 0.29) is 23.8 Å². The zero-order valence-corrected chi connectivity index (χ0v) is 16.6. The van der Waals surface area contributed by atoms with Crippen molar-refractivity contribution >= 4 is 11.8 Å². The van der Waals surface area contributed by atoms with Crippen LogP contribution in [0.5, 0.6) is 0 Å². The molecule has 0 saturated carbocycles. The van der Waals surface area contributed by atoms with Gasteiger partial charge in [-0.3, -0.25) is 9.59 Å². The van der Waals surface area contributed by atoms with Crippen LogP contribution in [-0.4, -0.2) is 29.8 Å². The summed E-state index contributed by atoms with van der Waals surface area (Å²) in [4.78, 5) is 26.9. The average Bonchev–Trinajstić information content (AvgIpc) is 2.99. The van der Waals surface area contributed by atoms with Gasteiger partial charge in [0, 0.05) is 24.6 Å². The van der Waals surface area contributed by atoms with Gasteiger partial charge >= 0.3 is 6.18 Å². The van der Waals surface area contributed by atoms with Crippen molar-refractivity contribution in [3.05, 3.63) is 70.8 Å². The van der Waals surface area contributed by atoms with Crippen LogP contribution in [0, 0.1) is 5.92 Å². The number of hydrogen-bond acceptors (Lipinski definition) is 2. The average molecular weight is 416 g/mol. The Morgan fingerprint density at radius 2 is 1.73 bits per heavy atom. The summed E-state index contributed by atoms with van der Waals surface area (Å²) >= 11 is 0. The first kappa shape index (κ1) is 20.4. The summed E-state index contributed by atoms with van der Waals surface area (Å²) in [7, 11) is 0. The van der Waals surface area contributed by atoms with Gasteiger partial charge in [0.25, 0.3) is 5.91 Å². The van der Waals surface area contributed by atoms with Crippen molar-refractivity contribution in [3.8, 4) is 0 Å². The number of carbonyl (C=O) groups excluding carboxylic acids is 2. The van der Waals surface area contributed by atoms with Gasteiger partial charge in [-0.15, -0.1) is 0 Å². The summed E-state index contributed by atoms with van der Waals surface area (Å²) in [6, 6.07) is 12.9. The minimum atomic E-state index is -4.44. The first-order chi connectivity index (χ1) is 14.2. The molecular weight excluding hydrogens is 393 g/mol. The van der Waals surface area contributed by atoms with Crippen LogP contribution in [0.3, 0.4) is 0 Å². The zero-order valence-electron chi connectivity index (χ0n) is 16.6. The number of hydrogen-bond donors (Lipinski definition) is 1. The molecule has 1 unspecified atom stereocenters. The number of nitrogens with zero attached hydrogens (tertiary/aromatic N) is 1. The van der Waals surface area contributed by atoms with E-state index in [1.165, 1.54) is 12.1 Å². The number of likely N-dealkylation sites (tertiary alicyclic amines) is 1. The van der Waals surface area contributed by atoms with Gasteiger partial charge in [0.2, 0.25) is 5.91 Å². The van der Waals surface area contributed by atoms with Gasteiger partial charge < -0.3 is 10.2 Å². The van der Waals surface area contributed by atoms with Crippen molar-refractivity contribution < 1.29 is 22.8 Å². The van der Waals surface area contributed by atoms with Gasteiger partial charge in [0.15, 0.2) is 0 Å². The highest BCUT2D eigenvalue weighted by molar-refractivity contribution is 6.00. The van der Waals surface area contributed by atoms with E-state index in [0.717, 1.165) is 11.6 Å². The Kier molecular flexibility index (Phi) is 5.08. The van der Waals surface area contributed by atoms with Crippen LogP contribution in [-0.2, 0) is 22.9 Å². The normalized spacial score (nSPS) is 18.8. The summed E-state index contributed by atoms with van der Waals surface area (Å²) < 4.78 is 39.7. The Morgan fingerprint density at radius 3 is 2.43 bits per heavy atom. The molecule has 1 spiro atoms. The third kappa shape index (κ3) is 3.57. The molecule has 0 aliphatic carbocycles. The van der Waals surface area contributed by atoms with Crippen molar-refractivity contribution in [1.29, 1.82) is 0 Å². The van der Waals surface area contributed by atoms with E-state index in [2.05, 4.69) is 5.32 Å². The lowest BCUT2D eigenvalue weighted by Gasteiger charge is -2.40. The van der Waals surface area contributed by atoms with Crippen molar-refractivity contribution in [3.63, 3.8) is 0 Å². The second kappa shape index (κ2) is 7.45. The first-order valence-corrected chi connectivity index (χ1v) is 10.1. The van der Waals surface area contributed by atoms with Gasteiger partial charge in [-0.05, 0) is 42.5 Å². The molecule has 2 aliphatic rings. The van der Waals surface area contributed by atoms with Crippen LogP contribution < -0.4 is 5.32 Å². The zero-order chi connectivity index (χ0) is 21.5. The van der Waals surface area contributed by atoms with Crippen LogP contribution >= 0.6 is 0 Å². The molecule has 30 heavy (non-hydrogen) atoms. The molecule has 0 bridgehead atoms. The van der Waals surface area contributed by atoms with Crippen LogP contribution in [0.4, 0.5) is 13.2 Å². The van der Waals surface area contributed by atoms with Crippen LogP contribution in [0.25, 0.3) is 0 Å². The minimum Gasteiger partial charge on any atom is -0.342 e. The van der Waals surface area contributed by atoms with Gasteiger partial charge in [-0.1, -0.05) is 43.3 Å². The Balaban J connectivity index is 1.44. The molecule has 158 valence electrons. The Hall–Kier alpha value is -2.83. The number of carbonyl (C=O) groups is 2. The summed E-state index contributed by atoms with van der Waals surface area (Å²) in [5.41, 5.74) is 0.629. The van der Waals surface area contributed by atoms with Gasteiger partial charge in [0.1, 0.15) is 0 Å². The number of rotatable bonds is 3. The highest BCUT2D eigenvalue weighted by Gasteiger charge is 2.45. The fourth-order valence-corrected chi connectivity index (χ4v) is 4.66. The lowest BCUT2D eigenvalue weighted by atomic mass is 9.81. The largest absolute Gasteiger partial charge is 0.416 e. The second-order valence-corrected chi connectivity index (χ2v) is 8.17. The third-order valence-electron chi connectivity index (χ3n) is 6.24. The molecule has 1 saturated heterocycles. The standard InChI is InChI=1S/C23H23F3N2O2/c1-15(14-16-6-2-4-8-18(16)23(24,25)26)21(30)28-12-10-22(11-13-28)19-9-5-3-7-17(19)20(29)27-22/h2-9,15H,10-14H2,1H3,(H,27,29). The number of benzene rings is 2. The number of amides is 2. The van der Waals surface area contributed by atoms with Gasteiger partial charge in [-0.2, -0.15) is 13.2 Å². The van der Waals surface area contributed by atoms with Crippen LogP contribution in [0.1, 0.15) is 46.8 Å². The number of nitrogens with one attached hydrogen (secondary N) is 1. The maximum Gasteiger partial charge on any atom is 0.416 e. The van der Waals surface area contributed by atoms with Gasteiger partial charge in [-0.25, -0.2) is 0 Å². The molecule has 7 heteroatoms. The summed E-state index contributed by atoms with van der Waals surface area (Å²) in [5, 5.41) is 3.09. The number of fused-ring (bicyclic) bond motifs is 2. The molecule has 1 fully saturated rings. The Labute approximate surface area is 173 Å². The van der Waals surface area contributed by atoms with E-state index in [1.807, 2.05) is 18.2 Å². The Morgan fingerprint density at radius 1 is 1.10 bits per heavy atom. The molecule has 2 aromatic carbocycles.